The summed E-state index contributed by atoms with van der Waals surface area (Å²) in [6, 6.07) is 6.92. The van der Waals surface area contributed by atoms with Gasteiger partial charge in [0.05, 0.1) is 11.7 Å². The molecule has 2 N–H and O–H groups in total. The van der Waals surface area contributed by atoms with Crippen molar-refractivity contribution in [1.29, 1.82) is 0 Å². The molecule has 0 radical (unpaired) electrons. The summed E-state index contributed by atoms with van der Waals surface area (Å²) in [7, 11) is 0. The van der Waals surface area contributed by atoms with Crippen LogP contribution >= 0.6 is 11.6 Å². The SMILES string of the molecule is O=c1[nH]c(C(F)(F)F)nc2c1NC(c1ccc(Cl)cc1)CC2. The van der Waals surface area contributed by atoms with E-state index in [1.165, 1.54) is 0 Å². The van der Waals surface area contributed by atoms with E-state index >= 15 is 0 Å². The lowest BCUT2D eigenvalue weighted by atomic mass is 9.96. The minimum atomic E-state index is -4.67. The molecule has 0 saturated heterocycles. The Kier molecular flexibility index (Phi) is 3.60. The Morgan fingerprint density at radius 1 is 1.23 bits per heavy atom. The van der Waals surface area contributed by atoms with Crippen LogP contribution in [0.4, 0.5) is 18.9 Å². The molecule has 22 heavy (non-hydrogen) atoms. The Balaban J connectivity index is 1.94. The van der Waals surface area contributed by atoms with Gasteiger partial charge < -0.3 is 10.3 Å². The van der Waals surface area contributed by atoms with Crippen LogP contribution in [0, 0.1) is 0 Å². The molecule has 1 atom stereocenters. The number of nitrogens with one attached hydrogen (secondary N) is 2. The van der Waals surface area contributed by atoms with Crippen molar-refractivity contribution in [3.05, 3.63) is 56.7 Å². The molecule has 116 valence electrons. The molecular formula is C14H11ClF3N3O. The molecule has 1 unspecified atom stereocenters. The Labute approximate surface area is 128 Å². The van der Waals surface area contributed by atoms with E-state index in [0.717, 1.165) is 5.56 Å². The highest BCUT2D eigenvalue weighted by molar-refractivity contribution is 6.30. The molecule has 0 saturated carbocycles. The highest BCUT2D eigenvalue weighted by Gasteiger charge is 2.36. The van der Waals surface area contributed by atoms with Gasteiger partial charge in [0.1, 0.15) is 5.69 Å². The van der Waals surface area contributed by atoms with Crippen molar-refractivity contribution >= 4 is 17.3 Å². The zero-order chi connectivity index (χ0) is 15.9. The molecular weight excluding hydrogens is 319 g/mol. The van der Waals surface area contributed by atoms with E-state index in [1.807, 2.05) is 12.1 Å². The first-order valence-corrected chi connectivity index (χ1v) is 6.95. The van der Waals surface area contributed by atoms with Crippen LogP contribution < -0.4 is 10.9 Å². The van der Waals surface area contributed by atoms with Crippen molar-refractivity contribution in [3.8, 4) is 0 Å². The van der Waals surface area contributed by atoms with Crippen LogP contribution in [0.15, 0.2) is 29.1 Å². The van der Waals surface area contributed by atoms with Gasteiger partial charge in [0.2, 0.25) is 5.82 Å². The number of H-pyrrole nitrogens is 1. The van der Waals surface area contributed by atoms with Crippen molar-refractivity contribution < 1.29 is 13.2 Å². The normalized spacial score (nSPS) is 17.7. The van der Waals surface area contributed by atoms with Gasteiger partial charge in [0, 0.05) is 5.02 Å². The number of anilines is 1. The summed E-state index contributed by atoms with van der Waals surface area (Å²) in [4.78, 5) is 17.2. The van der Waals surface area contributed by atoms with E-state index in [4.69, 9.17) is 11.6 Å². The van der Waals surface area contributed by atoms with Crippen LogP contribution in [0.2, 0.25) is 5.02 Å². The van der Waals surface area contributed by atoms with Gasteiger partial charge >= 0.3 is 6.18 Å². The lowest BCUT2D eigenvalue weighted by Gasteiger charge is -2.26. The summed E-state index contributed by atoms with van der Waals surface area (Å²) < 4.78 is 38.0. The molecule has 0 bridgehead atoms. The van der Waals surface area contributed by atoms with Crippen LogP contribution in [-0.2, 0) is 12.6 Å². The van der Waals surface area contributed by atoms with Gasteiger partial charge in [-0.25, -0.2) is 4.98 Å². The lowest BCUT2D eigenvalue weighted by Crippen LogP contribution is -2.29. The van der Waals surface area contributed by atoms with E-state index in [0.29, 0.717) is 17.9 Å². The summed E-state index contributed by atoms with van der Waals surface area (Å²) in [5.41, 5.74) is 0.339. The number of hydrogen-bond acceptors (Lipinski definition) is 3. The summed E-state index contributed by atoms with van der Waals surface area (Å²) >= 11 is 5.83. The molecule has 0 amide bonds. The summed E-state index contributed by atoms with van der Waals surface area (Å²) in [5, 5.41) is 3.55. The second kappa shape index (κ2) is 5.31. The first-order valence-electron chi connectivity index (χ1n) is 6.57. The number of hydrogen-bond donors (Lipinski definition) is 2. The highest BCUT2D eigenvalue weighted by atomic mass is 35.5. The third kappa shape index (κ3) is 2.81. The predicted octanol–water partition coefficient (Wildman–Crippen LogP) is 3.54. The summed E-state index contributed by atoms with van der Waals surface area (Å²) in [6.07, 6.45) is -3.83. The molecule has 4 nitrogen and oxygen atoms in total. The Bertz CT molecular complexity index is 755. The molecule has 2 aromatic rings. The maximum atomic E-state index is 12.7. The Hall–Kier alpha value is -2.02. The summed E-state index contributed by atoms with van der Waals surface area (Å²) in [6.45, 7) is 0. The zero-order valence-electron chi connectivity index (χ0n) is 11.2. The van der Waals surface area contributed by atoms with E-state index in [1.54, 1.807) is 17.1 Å². The second-order valence-electron chi connectivity index (χ2n) is 5.02. The van der Waals surface area contributed by atoms with Crippen LogP contribution in [0.1, 0.15) is 29.5 Å². The quantitative estimate of drug-likeness (QED) is 0.841. The molecule has 1 aromatic heterocycles. The van der Waals surface area contributed by atoms with E-state index < -0.39 is 17.6 Å². The number of alkyl halides is 3. The Morgan fingerprint density at radius 3 is 2.55 bits per heavy atom. The maximum Gasteiger partial charge on any atom is 0.449 e. The van der Waals surface area contributed by atoms with Gasteiger partial charge in [-0.15, -0.1) is 0 Å². The molecule has 1 aliphatic heterocycles. The number of fused-ring (bicyclic) bond motifs is 1. The van der Waals surface area contributed by atoms with Gasteiger partial charge in [0.25, 0.3) is 5.56 Å². The van der Waals surface area contributed by atoms with E-state index in [2.05, 4.69) is 10.3 Å². The molecule has 1 aromatic carbocycles. The molecule has 8 heteroatoms. The number of aryl methyl sites for hydroxylation is 1. The van der Waals surface area contributed by atoms with Gasteiger partial charge in [-0.3, -0.25) is 4.79 Å². The fourth-order valence-corrected chi connectivity index (χ4v) is 2.58. The fourth-order valence-electron chi connectivity index (χ4n) is 2.46. The molecule has 1 aliphatic rings. The average Bonchev–Trinajstić information content (AvgIpc) is 2.47. The number of aromatic nitrogens is 2. The number of benzene rings is 1. The molecule has 2 heterocycles. The molecule has 0 fully saturated rings. The monoisotopic (exact) mass is 329 g/mol. The fraction of sp³-hybridized carbons (Fsp3) is 0.286. The maximum absolute atomic E-state index is 12.7. The lowest BCUT2D eigenvalue weighted by molar-refractivity contribution is -0.145. The van der Waals surface area contributed by atoms with Crippen molar-refractivity contribution in [2.75, 3.05) is 5.32 Å². The first kappa shape index (κ1) is 14.9. The van der Waals surface area contributed by atoms with Crippen LogP contribution in [-0.4, -0.2) is 9.97 Å². The third-order valence-electron chi connectivity index (χ3n) is 3.52. The van der Waals surface area contributed by atoms with E-state index in [9.17, 15) is 18.0 Å². The number of aromatic amines is 1. The van der Waals surface area contributed by atoms with Crippen molar-refractivity contribution in [3.63, 3.8) is 0 Å². The average molecular weight is 330 g/mol. The predicted molar refractivity (Wildman–Crippen MR) is 76.0 cm³/mol. The number of halogens is 4. The van der Waals surface area contributed by atoms with Crippen molar-refractivity contribution in [1.82, 2.24) is 9.97 Å². The third-order valence-corrected chi connectivity index (χ3v) is 3.78. The number of nitrogens with zero attached hydrogens (tertiary/aromatic N) is 1. The van der Waals surface area contributed by atoms with Gasteiger partial charge in [-0.1, -0.05) is 23.7 Å². The van der Waals surface area contributed by atoms with E-state index in [-0.39, 0.29) is 17.4 Å². The van der Waals surface area contributed by atoms with Crippen molar-refractivity contribution in [2.24, 2.45) is 0 Å². The topological polar surface area (TPSA) is 57.8 Å². The van der Waals surface area contributed by atoms with Crippen LogP contribution in [0.25, 0.3) is 0 Å². The van der Waals surface area contributed by atoms with Crippen molar-refractivity contribution in [2.45, 2.75) is 25.1 Å². The highest BCUT2D eigenvalue weighted by Crippen LogP contribution is 2.32. The smallest absolute Gasteiger partial charge is 0.372 e. The number of rotatable bonds is 1. The largest absolute Gasteiger partial charge is 0.449 e. The summed E-state index contributed by atoms with van der Waals surface area (Å²) in [5.74, 6) is -1.26. The second-order valence-corrected chi connectivity index (χ2v) is 5.46. The van der Waals surface area contributed by atoms with Crippen LogP contribution in [0.3, 0.4) is 0 Å². The van der Waals surface area contributed by atoms with Crippen LogP contribution in [0.5, 0.6) is 0 Å². The zero-order valence-corrected chi connectivity index (χ0v) is 11.9. The standard InChI is InChI=1S/C14H11ClF3N3O/c15-8-3-1-7(2-4-8)9-5-6-10-11(19-9)12(22)21-13(20-10)14(16,17)18/h1-4,9,19H,5-6H2,(H,20,21,22). The minimum absolute atomic E-state index is 0.0965. The molecule has 0 spiro atoms. The molecule has 0 aliphatic carbocycles. The van der Waals surface area contributed by atoms with Gasteiger partial charge in [-0.2, -0.15) is 13.2 Å². The van der Waals surface area contributed by atoms with Gasteiger partial charge in [0.15, 0.2) is 0 Å². The first-order chi connectivity index (χ1) is 10.3. The minimum Gasteiger partial charge on any atom is -0.372 e. The Morgan fingerprint density at radius 2 is 1.91 bits per heavy atom. The van der Waals surface area contributed by atoms with Gasteiger partial charge in [-0.05, 0) is 30.5 Å². The molecule has 3 rings (SSSR count).